The number of nitrogens with zero attached hydrogens (tertiary/aromatic N) is 1. The zero-order chi connectivity index (χ0) is 68.4. The van der Waals surface area contributed by atoms with Gasteiger partial charge in [-0.3, -0.25) is 14.4 Å². The van der Waals surface area contributed by atoms with Crippen molar-refractivity contribution in [1.29, 1.82) is 0 Å². The maximum Gasteiger partial charge on any atom is 0.569 e. The molecule has 4 aromatic heterocycles. The molecule has 17 aromatic rings. The first-order valence-corrected chi connectivity index (χ1v) is 33.7. The van der Waals surface area contributed by atoms with E-state index in [1.54, 1.807) is 54.6 Å². The van der Waals surface area contributed by atoms with Crippen LogP contribution in [0.5, 0.6) is 5.75 Å². The van der Waals surface area contributed by atoms with Gasteiger partial charge in [0.15, 0.2) is 0 Å². The van der Waals surface area contributed by atoms with E-state index in [0.717, 1.165) is 38.8 Å². The molecular weight excluding hydrogens is 1340 g/mol. The van der Waals surface area contributed by atoms with E-state index in [1.165, 1.54) is 66.3 Å². The minimum atomic E-state index is -0.00679. The first kappa shape index (κ1) is 65.3. The molecule has 481 valence electrons. The molecule has 0 atom stereocenters. The fourth-order valence-electron chi connectivity index (χ4n) is 13.0. The highest BCUT2D eigenvalue weighted by Crippen LogP contribution is 2.40. The van der Waals surface area contributed by atoms with Crippen molar-refractivity contribution in [2.24, 2.45) is 0 Å². The largest absolute Gasteiger partial charge is 0.569 e. The fourth-order valence-corrected chi connectivity index (χ4v) is 13.6. The zero-order valence-electron chi connectivity index (χ0n) is 54.2. The Hall–Kier alpha value is -11.0. The molecule has 0 unspecified atom stereocenters. The number of hydrogen-bond acceptors (Lipinski definition) is 8. The van der Waals surface area contributed by atoms with Gasteiger partial charge in [0.2, 0.25) is 16.3 Å². The molecule has 13 aromatic carbocycles. The summed E-state index contributed by atoms with van der Waals surface area (Å²) >= 11 is 14.9. The van der Waals surface area contributed by atoms with Crippen LogP contribution in [0, 0.1) is 27.7 Å². The third-order valence-corrected chi connectivity index (χ3v) is 19.0. The molecule has 0 saturated carbocycles. The van der Waals surface area contributed by atoms with Crippen LogP contribution in [0.25, 0.3) is 127 Å². The summed E-state index contributed by atoms with van der Waals surface area (Å²) in [4.78, 5) is 37.9. The lowest BCUT2D eigenvalue weighted by atomic mass is 10.0. The topological polar surface area (TPSA) is 125 Å². The van der Waals surface area contributed by atoms with Gasteiger partial charge in [-0.2, -0.15) is 0 Å². The van der Waals surface area contributed by atoms with Gasteiger partial charge in [0.25, 0.3) is 0 Å². The predicted octanol–water partition coefficient (Wildman–Crippen LogP) is 22.4. The molecule has 13 heteroatoms. The maximum absolute atomic E-state index is 13.1. The number of rotatable bonds is 5. The lowest BCUT2D eigenvalue weighted by Crippen LogP contribution is -2.02. The number of hydrogen-bond donors (Lipinski definition) is 1. The summed E-state index contributed by atoms with van der Waals surface area (Å²) in [6, 6.07) is 88.0. The van der Waals surface area contributed by atoms with Crippen molar-refractivity contribution >= 4 is 134 Å². The van der Waals surface area contributed by atoms with Crippen molar-refractivity contribution in [1.82, 2.24) is 4.57 Å². The summed E-state index contributed by atoms with van der Waals surface area (Å²) in [6.45, 7) is 8.76. The van der Waals surface area contributed by atoms with E-state index in [0.29, 0.717) is 89.3 Å². The lowest BCUT2D eigenvalue weighted by Gasteiger charge is -2.12. The summed E-state index contributed by atoms with van der Waals surface area (Å²) in [5.74, 6) is 0.562. The fraction of sp³-hybridized carbons (Fsp3) is 0.0581. The summed E-state index contributed by atoms with van der Waals surface area (Å²) < 4.78 is 25.3. The minimum absolute atomic E-state index is 0.00144. The van der Waals surface area contributed by atoms with E-state index in [-0.39, 0.29) is 16.3 Å². The maximum atomic E-state index is 13.1. The van der Waals surface area contributed by atoms with Crippen molar-refractivity contribution in [2.45, 2.75) is 34.1 Å². The van der Waals surface area contributed by atoms with Crippen LogP contribution in [0.15, 0.2) is 305 Å². The van der Waals surface area contributed by atoms with E-state index >= 15 is 0 Å². The van der Waals surface area contributed by atoms with Crippen molar-refractivity contribution in [3.05, 3.63) is 352 Å². The smallest absolute Gasteiger partial charge is 0.537 e. The summed E-state index contributed by atoms with van der Waals surface area (Å²) in [5.41, 5.74) is 22.6. The molecule has 1 radical (unpaired) electrons. The SMILES string of the molecule is Cc1cccc2c1Cc1c(C)cccc1-2.Cc1cccc2c3cccc(C)c3n(-c3ccc(-c4ccc5oc6ccccc6c(=O)c5c4)cc3)c12.O=c1c2ccccc2oc2ccc(-c3ccc(Cl)cc3)cc12.O=c1c2ccccc2oc2ccc(Br)cc12.O[B]Oc1ccc(Cl)cc1. The Kier molecular flexibility index (Phi) is 18.6. The van der Waals surface area contributed by atoms with E-state index in [4.69, 9.17) is 41.5 Å². The van der Waals surface area contributed by atoms with Crippen LogP contribution in [0.1, 0.15) is 33.4 Å². The summed E-state index contributed by atoms with van der Waals surface area (Å²) in [6.07, 6.45) is 1.12. The average Bonchev–Trinajstić information content (AvgIpc) is 1.62. The van der Waals surface area contributed by atoms with Gasteiger partial charge in [0.1, 0.15) is 39.2 Å². The molecule has 0 aliphatic heterocycles. The molecular formula is C86H60BBrCl2NO8. The van der Waals surface area contributed by atoms with Crippen LogP contribution in [0.2, 0.25) is 10.0 Å². The third-order valence-electron chi connectivity index (χ3n) is 18.0. The predicted molar refractivity (Wildman–Crippen MR) is 412 cm³/mol. The van der Waals surface area contributed by atoms with Crippen molar-refractivity contribution in [3.8, 4) is 44.8 Å². The molecule has 0 saturated heterocycles. The van der Waals surface area contributed by atoms with Crippen LogP contribution in [0.4, 0.5) is 0 Å². The van der Waals surface area contributed by atoms with Crippen LogP contribution >= 0.6 is 39.1 Å². The van der Waals surface area contributed by atoms with E-state index in [2.05, 4.69) is 150 Å². The van der Waals surface area contributed by atoms with Gasteiger partial charge >= 0.3 is 7.69 Å². The number of aromatic nitrogens is 1. The van der Waals surface area contributed by atoms with Gasteiger partial charge < -0.3 is 27.5 Å². The second-order valence-electron chi connectivity index (χ2n) is 24.2. The Bertz CT molecular complexity index is 6030. The highest BCUT2D eigenvalue weighted by atomic mass is 79.9. The van der Waals surface area contributed by atoms with Gasteiger partial charge in [-0.1, -0.05) is 185 Å². The molecule has 9 nitrogen and oxygen atoms in total. The van der Waals surface area contributed by atoms with Crippen LogP contribution in [-0.2, 0) is 6.42 Å². The third kappa shape index (κ3) is 13.2. The van der Waals surface area contributed by atoms with Crippen molar-refractivity contribution in [2.75, 3.05) is 0 Å². The van der Waals surface area contributed by atoms with E-state index in [1.807, 2.05) is 121 Å². The summed E-state index contributed by atoms with van der Waals surface area (Å²) in [5, 5.41) is 15.7. The van der Waals surface area contributed by atoms with Gasteiger partial charge in [-0.15, -0.1) is 0 Å². The van der Waals surface area contributed by atoms with Crippen LogP contribution in [-0.4, -0.2) is 17.3 Å². The van der Waals surface area contributed by atoms with Crippen LogP contribution < -0.4 is 20.9 Å². The van der Waals surface area contributed by atoms with E-state index in [9.17, 15) is 14.4 Å². The molecule has 0 bridgehead atoms. The normalized spacial score (nSPS) is 11.3. The van der Waals surface area contributed by atoms with Crippen molar-refractivity contribution in [3.63, 3.8) is 0 Å². The average molecular weight is 1400 g/mol. The van der Waals surface area contributed by atoms with Gasteiger partial charge in [-0.05, 0) is 228 Å². The van der Waals surface area contributed by atoms with E-state index < -0.39 is 0 Å². The molecule has 1 aliphatic rings. The number of benzene rings is 13. The first-order chi connectivity index (χ1) is 48.2. The van der Waals surface area contributed by atoms with Gasteiger partial charge in [-0.25, -0.2) is 0 Å². The number of aryl methyl sites for hydroxylation is 4. The van der Waals surface area contributed by atoms with Gasteiger partial charge in [0.05, 0.1) is 43.4 Å². The number of halogens is 3. The zero-order valence-corrected chi connectivity index (χ0v) is 57.2. The van der Waals surface area contributed by atoms with Gasteiger partial charge in [0, 0.05) is 31.0 Å². The molecule has 99 heavy (non-hydrogen) atoms. The molecule has 18 rings (SSSR count). The number of fused-ring (bicyclic) bond motifs is 12. The standard InChI is InChI=1S/C33H23NO2.C19H11ClO2.C15H14.C13H7BrO2.C6H5BClO2/c1-20-7-5-10-25-26-11-6-8-21(2)32(26)34(31(20)25)24-16-13-22(14-17-24)23-15-18-30-28(19-23)33(35)27-9-3-4-12-29(27)36-30;20-14-8-5-12(6-9-14)13-7-10-18-16(11-13)19(21)15-3-1-2-4-17(15)22-18;1-10-5-3-7-12-13-8-4-6-11(2)15(13)9-14(10)12;14-8-5-6-12-10(7-8)13(15)9-3-1-2-4-11(9)16-12;8-5-1-3-6(4-2-5)10-7-9/h3-19H,1-2H3;1-11H;3-8H,9H2,1-2H3;1-7H;1-4,9H. The minimum Gasteiger partial charge on any atom is -0.537 e. The van der Waals surface area contributed by atoms with Crippen molar-refractivity contribution < 1.29 is 22.9 Å². The molecule has 1 aliphatic carbocycles. The molecule has 4 heterocycles. The Balaban J connectivity index is 0.000000114. The number of para-hydroxylation sites is 5. The molecule has 1 N–H and O–H groups in total. The van der Waals surface area contributed by atoms with Crippen LogP contribution in [0.3, 0.4) is 0 Å². The molecule has 0 amide bonds. The Labute approximate surface area is 588 Å². The monoisotopic (exact) mass is 1390 g/mol. The molecule has 0 fully saturated rings. The first-order valence-electron chi connectivity index (χ1n) is 32.1. The Morgan fingerprint density at radius 2 is 0.727 bits per heavy atom. The highest BCUT2D eigenvalue weighted by molar-refractivity contribution is 9.10. The second-order valence-corrected chi connectivity index (χ2v) is 26.0. The quantitative estimate of drug-likeness (QED) is 0.133. The Morgan fingerprint density at radius 3 is 1.17 bits per heavy atom. The summed E-state index contributed by atoms with van der Waals surface area (Å²) in [7, 11) is 0.628. The Morgan fingerprint density at radius 1 is 0.374 bits per heavy atom. The highest BCUT2D eigenvalue weighted by Gasteiger charge is 2.21. The lowest BCUT2D eigenvalue weighted by molar-refractivity contribution is 0.454. The molecule has 0 spiro atoms. The second kappa shape index (κ2) is 28.2.